The third-order valence-corrected chi connectivity index (χ3v) is 2.78. The molecule has 2 heterocycles. The molecule has 0 aliphatic carbocycles. The van der Waals surface area contributed by atoms with Crippen molar-refractivity contribution < 1.29 is 4.42 Å². The van der Waals surface area contributed by atoms with Crippen molar-refractivity contribution in [2.75, 3.05) is 6.54 Å². The lowest BCUT2D eigenvalue weighted by atomic mass is 10.2. The van der Waals surface area contributed by atoms with Crippen LogP contribution in [0.25, 0.3) is 0 Å². The first-order valence-corrected chi connectivity index (χ1v) is 5.24. The molecule has 0 N–H and O–H groups in total. The molecule has 0 radical (unpaired) electrons. The van der Waals surface area contributed by atoms with Crippen molar-refractivity contribution >= 4 is 0 Å². The zero-order chi connectivity index (χ0) is 10.1. The highest BCUT2D eigenvalue weighted by Gasteiger charge is 2.31. The van der Waals surface area contributed by atoms with E-state index in [2.05, 4.69) is 28.9 Å². The number of aromatic nitrogens is 2. The van der Waals surface area contributed by atoms with Crippen molar-refractivity contribution in [3.8, 4) is 0 Å². The summed E-state index contributed by atoms with van der Waals surface area (Å²) in [6, 6.07) is 0.894. The van der Waals surface area contributed by atoms with Crippen molar-refractivity contribution in [3.05, 3.63) is 11.8 Å². The largest absolute Gasteiger partial charge is 0.424 e. The van der Waals surface area contributed by atoms with E-state index < -0.39 is 0 Å². The summed E-state index contributed by atoms with van der Waals surface area (Å²) in [6.45, 7) is 7.40. The van der Waals surface area contributed by atoms with Gasteiger partial charge in [0.2, 0.25) is 11.8 Å². The molecule has 0 saturated carbocycles. The molecule has 4 heteroatoms. The highest BCUT2D eigenvalue weighted by Crippen LogP contribution is 2.32. The van der Waals surface area contributed by atoms with Crippen LogP contribution in [0.15, 0.2) is 4.42 Å². The highest BCUT2D eigenvalue weighted by atomic mass is 16.4. The number of likely N-dealkylation sites (tertiary alicyclic amines) is 1. The van der Waals surface area contributed by atoms with Gasteiger partial charge in [0.1, 0.15) is 0 Å². The van der Waals surface area contributed by atoms with Gasteiger partial charge in [-0.05, 0) is 33.2 Å². The average molecular weight is 195 g/mol. The standard InChI is InChI=1S/C10H17N3O/c1-7(2)13-6-4-5-9(13)10-12-11-8(3)14-10/h7,9H,4-6H2,1-3H3. The van der Waals surface area contributed by atoms with Crippen LogP contribution in [-0.2, 0) is 0 Å². The first-order valence-electron chi connectivity index (χ1n) is 5.24. The summed E-state index contributed by atoms with van der Waals surface area (Å²) in [7, 11) is 0. The molecular weight excluding hydrogens is 178 g/mol. The summed E-state index contributed by atoms with van der Waals surface area (Å²) in [4.78, 5) is 2.42. The van der Waals surface area contributed by atoms with Crippen LogP contribution >= 0.6 is 0 Å². The Morgan fingerprint density at radius 3 is 2.79 bits per heavy atom. The summed E-state index contributed by atoms with van der Waals surface area (Å²) < 4.78 is 5.48. The summed E-state index contributed by atoms with van der Waals surface area (Å²) >= 11 is 0. The zero-order valence-corrected chi connectivity index (χ0v) is 9.03. The van der Waals surface area contributed by atoms with Gasteiger partial charge in [0.15, 0.2) is 0 Å². The fourth-order valence-corrected chi connectivity index (χ4v) is 2.12. The Labute approximate surface area is 84.3 Å². The molecule has 1 unspecified atom stereocenters. The van der Waals surface area contributed by atoms with Crippen LogP contribution < -0.4 is 0 Å². The predicted octanol–water partition coefficient (Wildman–Crippen LogP) is 1.92. The molecule has 1 fully saturated rings. The SMILES string of the molecule is Cc1nnc(C2CCCN2C(C)C)o1. The molecule has 1 saturated heterocycles. The molecule has 0 spiro atoms. The van der Waals surface area contributed by atoms with Gasteiger partial charge in [-0.25, -0.2) is 0 Å². The second kappa shape index (κ2) is 3.69. The third kappa shape index (κ3) is 1.66. The first kappa shape index (κ1) is 9.65. The Morgan fingerprint density at radius 2 is 2.21 bits per heavy atom. The van der Waals surface area contributed by atoms with Crippen LogP contribution in [-0.4, -0.2) is 27.7 Å². The Kier molecular flexibility index (Phi) is 2.54. The molecule has 2 rings (SSSR count). The first-order chi connectivity index (χ1) is 6.68. The second-order valence-corrected chi connectivity index (χ2v) is 4.15. The topological polar surface area (TPSA) is 42.2 Å². The van der Waals surface area contributed by atoms with Crippen LogP contribution in [0.2, 0.25) is 0 Å². The van der Waals surface area contributed by atoms with Crippen LogP contribution in [0, 0.1) is 6.92 Å². The predicted molar refractivity (Wildman–Crippen MR) is 52.9 cm³/mol. The summed E-state index contributed by atoms with van der Waals surface area (Å²) in [5, 5.41) is 7.98. The number of rotatable bonds is 2. The molecule has 1 aliphatic rings. The summed E-state index contributed by atoms with van der Waals surface area (Å²) in [5.74, 6) is 1.45. The number of nitrogens with zero attached hydrogens (tertiary/aromatic N) is 3. The molecule has 0 bridgehead atoms. The maximum absolute atomic E-state index is 5.48. The quantitative estimate of drug-likeness (QED) is 0.723. The summed E-state index contributed by atoms with van der Waals surface area (Å²) in [5.41, 5.74) is 0. The van der Waals surface area contributed by atoms with Crippen molar-refractivity contribution in [3.63, 3.8) is 0 Å². The Balaban J connectivity index is 2.17. The van der Waals surface area contributed by atoms with E-state index in [-0.39, 0.29) is 0 Å². The van der Waals surface area contributed by atoms with E-state index in [4.69, 9.17) is 4.42 Å². The van der Waals surface area contributed by atoms with Gasteiger partial charge in [-0.15, -0.1) is 10.2 Å². The monoisotopic (exact) mass is 195 g/mol. The summed E-state index contributed by atoms with van der Waals surface area (Å²) in [6.07, 6.45) is 2.37. The lowest BCUT2D eigenvalue weighted by molar-refractivity contribution is 0.178. The van der Waals surface area contributed by atoms with E-state index in [9.17, 15) is 0 Å². The minimum Gasteiger partial charge on any atom is -0.424 e. The fraction of sp³-hybridized carbons (Fsp3) is 0.800. The lowest BCUT2D eigenvalue weighted by Gasteiger charge is -2.25. The minimum atomic E-state index is 0.344. The Bertz CT molecular complexity index is 308. The second-order valence-electron chi connectivity index (χ2n) is 4.15. The number of hydrogen-bond donors (Lipinski definition) is 0. The van der Waals surface area contributed by atoms with Crippen molar-refractivity contribution in [2.24, 2.45) is 0 Å². The van der Waals surface area contributed by atoms with Gasteiger partial charge in [0.05, 0.1) is 6.04 Å². The number of hydrogen-bond acceptors (Lipinski definition) is 4. The Morgan fingerprint density at radius 1 is 1.43 bits per heavy atom. The molecule has 0 amide bonds. The molecule has 4 nitrogen and oxygen atoms in total. The van der Waals surface area contributed by atoms with Crippen LogP contribution in [0.3, 0.4) is 0 Å². The van der Waals surface area contributed by atoms with Crippen LogP contribution in [0.4, 0.5) is 0 Å². The average Bonchev–Trinajstić information content (AvgIpc) is 2.70. The van der Waals surface area contributed by atoms with E-state index in [0.717, 1.165) is 18.9 Å². The molecule has 78 valence electrons. The lowest BCUT2D eigenvalue weighted by Crippen LogP contribution is -2.30. The van der Waals surface area contributed by atoms with Crippen LogP contribution in [0.5, 0.6) is 0 Å². The van der Waals surface area contributed by atoms with E-state index >= 15 is 0 Å². The van der Waals surface area contributed by atoms with Gasteiger partial charge in [0.25, 0.3) is 0 Å². The van der Waals surface area contributed by atoms with Crippen molar-refractivity contribution in [1.82, 2.24) is 15.1 Å². The van der Waals surface area contributed by atoms with Gasteiger partial charge in [0, 0.05) is 13.0 Å². The molecule has 1 aromatic rings. The highest BCUT2D eigenvalue weighted by molar-refractivity contribution is 4.95. The zero-order valence-electron chi connectivity index (χ0n) is 9.03. The fourth-order valence-electron chi connectivity index (χ4n) is 2.12. The smallest absolute Gasteiger partial charge is 0.233 e. The van der Waals surface area contributed by atoms with Gasteiger partial charge >= 0.3 is 0 Å². The normalized spacial score (nSPS) is 23.6. The molecular formula is C10H17N3O. The maximum atomic E-state index is 5.48. The van der Waals surface area contributed by atoms with E-state index in [0.29, 0.717) is 18.0 Å². The van der Waals surface area contributed by atoms with E-state index in [1.165, 1.54) is 6.42 Å². The molecule has 1 aliphatic heterocycles. The third-order valence-electron chi connectivity index (χ3n) is 2.78. The van der Waals surface area contributed by atoms with Gasteiger partial charge in [-0.3, -0.25) is 4.90 Å². The Hall–Kier alpha value is -0.900. The molecule has 14 heavy (non-hydrogen) atoms. The number of aryl methyl sites for hydroxylation is 1. The van der Waals surface area contributed by atoms with Crippen LogP contribution in [0.1, 0.15) is 44.5 Å². The van der Waals surface area contributed by atoms with Gasteiger partial charge < -0.3 is 4.42 Å². The molecule has 1 aromatic heterocycles. The van der Waals surface area contributed by atoms with Gasteiger partial charge in [-0.2, -0.15) is 0 Å². The minimum absolute atomic E-state index is 0.344. The van der Waals surface area contributed by atoms with E-state index in [1.807, 2.05) is 6.92 Å². The maximum Gasteiger partial charge on any atom is 0.233 e. The van der Waals surface area contributed by atoms with Crippen molar-refractivity contribution in [1.29, 1.82) is 0 Å². The van der Waals surface area contributed by atoms with Gasteiger partial charge in [-0.1, -0.05) is 0 Å². The molecule has 1 atom stereocenters. The van der Waals surface area contributed by atoms with Crippen molar-refractivity contribution in [2.45, 2.75) is 45.7 Å². The molecule has 0 aromatic carbocycles. The van der Waals surface area contributed by atoms with E-state index in [1.54, 1.807) is 0 Å².